The first-order chi connectivity index (χ1) is 43.0. The van der Waals surface area contributed by atoms with Crippen molar-refractivity contribution in [3.8, 4) is 67.8 Å². The van der Waals surface area contributed by atoms with Crippen molar-refractivity contribution in [1.82, 2.24) is 28.1 Å². The van der Waals surface area contributed by atoms with Gasteiger partial charge in [-0.15, -0.1) is 30.3 Å². The number of imidazole rings is 3. The minimum Gasteiger partial charge on any atom is -0.510 e. The number of hydrogen-bond donors (Lipinski definition) is 0. The van der Waals surface area contributed by atoms with Gasteiger partial charge in [0.25, 0.3) is 6.33 Å². The maximum atomic E-state index is 9.20. The summed E-state index contributed by atoms with van der Waals surface area (Å²) in [5.41, 5.74) is 10.5. The van der Waals surface area contributed by atoms with E-state index in [-0.39, 0.29) is 53.8 Å². The van der Waals surface area contributed by atoms with Gasteiger partial charge in [0.05, 0.1) is 47.0 Å². The van der Waals surface area contributed by atoms with Crippen LogP contribution in [-0.4, -0.2) is 28.1 Å². The monoisotopic (exact) mass is 1130 g/mol. The van der Waals surface area contributed by atoms with Gasteiger partial charge in [-0.25, -0.2) is 9.97 Å². The van der Waals surface area contributed by atoms with E-state index in [4.69, 9.17) is 22.9 Å². The van der Waals surface area contributed by atoms with E-state index >= 15 is 0 Å². The molecule has 10 aromatic carbocycles. The summed E-state index contributed by atoms with van der Waals surface area (Å²) in [6.45, 7) is 6.51. The Bertz CT molecular complexity index is 5340. The number of nitrogens with zero attached hydrogens (tertiary/aromatic N) is 7. The molecule has 15 rings (SSSR count). The SMILES string of the molecule is [2H]c1c([2H])c([2H])c(-c2cccc(-c3c([2H])c([2H])c([2H])c([2H])c3[2H])c2-[n+]2[c-]n(-c3[c-]c(Oc4[c-]c5c(cc4)n4c6ccc7c8ccccc8n(-c8ccccc8)c7c6nc4n5-c4cc(C(C)(C)C)ccn4)ccc3)c3cc(-c4ccccc4)ccc32)c([2H])c1[2H].[Pd]. The molecule has 0 unspecified atom stereocenters. The normalized spacial score (nSPS) is 13.6. The fraction of sp³-hybridized carbons (Fsp3) is 0.0563. The van der Waals surface area contributed by atoms with Crippen molar-refractivity contribution < 1.29 is 43.4 Å². The van der Waals surface area contributed by atoms with Gasteiger partial charge in [0.1, 0.15) is 11.3 Å². The van der Waals surface area contributed by atoms with Crippen LogP contribution in [-0.2, 0) is 25.8 Å². The summed E-state index contributed by atoms with van der Waals surface area (Å²) in [5.74, 6) is 1.97. The van der Waals surface area contributed by atoms with Gasteiger partial charge < -0.3 is 18.3 Å². The van der Waals surface area contributed by atoms with Crippen molar-refractivity contribution in [1.29, 1.82) is 0 Å². The zero-order chi connectivity index (χ0) is 61.5. The number of ether oxygens (including phenoxy) is 1. The topological polar surface area (TPSA) is 58.1 Å². The third-order valence-electron chi connectivity index (χ3n) is 14.6. The van der Waals surface area contributed by atoms with E-state index < -0.39 is 60.4 Å². The second-order valence-electron chi connectivity index (χ2n) is 20.4. The number of fused-ring (bicyclic) bond motifs is 10. The predicted molar refractivity (Wildman–Crippen MR) is 318 cm³/mol. The Morgan fingerprint density at radius 3 is 1.99 bits per heavy atom. The third kappa shape index (κ3) is 8.04. The van der Waals surface area contributed by atoms with Crippen LogP contribution in [0.25, 0.3) is 117 Å². The van der Waals surface area contributed by atoms with Crippen LogP contribution in [0, 0.1) is 18.5 Å². The van der Waals surface area contributed by atoms with E-state index in [1.54, 1.807) is 33.4 Å². The Hall–Kier alpha value is -9.65. The molecule has 0 aliphatic rings. The van der Waals surface area contributed by atoms with Crippen LogP contribution >= 0.6 is 0 Å². The van der Waals surface area contributed by atoms with Gasteiger partial charge >= 0.3 is 0 Å². The van der Waals surface area contributed by atoms with Crippen molar-refractivity contribution in [2.75, 3.05) is 0 Å². The standard InChI is InChI=1S/C71H49N7O.Pd/c1-71(2,3)51-40-41-72-66(43-51)78-65-45-55(35-38-62(65)77-63-39-36-59-58-30-16-17-33-60(58)76(52-26-14-7-15-27-52)69(59)67(63)73-70(77)78)79-54-29-18-28-53(44-54)74-46-75(61-37-34-50(42-64(61)74)47-20-8-4-9-21-47)68-56(48-22-10-5-11-23-48)31-19-32-57(68)49-24-12-6-13-25-49;/h4-43H,1-3H3;/q-2;/i5D,6D,10D,11D,12D,13D,22D,23D,24D,25D;. The third-order valence-corrected chi connectivity index (χ3v) is 14.6. The van der Waals surface area contributed by atoms with Gasteiger partial charge in [0, 0.05) is 54.6 Å². The summed E-state index contributed by atoms with van der Waals surface area (Å²) < 4.78 is 105. The first-order valence-electron chi connectivity index (χ1n) is 30.8. The zero-order valence-electron chi connectivity index (χ0n) is 53.2. The van der Waals surface area contributed by atoms with Crippen LogP contribution in [0.2, 0.25) is 0 Å². The van der Waals surface area contributed by atoms with Gasteiger partial charge in [-0.3, -0.25) is 9.13 Å². The maximum absolute atomic E-state index is 9.20. The molecule has 0 atom stereocenters. The van der Waals surface area contributed by atoms with Crippen molar-refractivity contribution >= 4 is 60.7 Å². The number of benzene rings is 10. The van der Waals surface area contributed by atoms with E-state index in [9.17, 15) is 5.48 Å². The van der Waals surface area contributed by atoms with E-state index in [1.807, 2.05) is 108 Å². The van der Waals surface area contributed by atoms with Gasteiger partial charge in [0.2, 0.25) is 5.78 Å². The second kappa shape index (κ2) is 19.4. The molecular weight excluding hydrogens is 1070 g/mol. The van der Waals surface area contributed by atoms with Crippen LogP contribution in [0.15, 0.2) is 243 Å². The largest absolute Gasteiger partial charge is 0.510 e. The molecule has 0 aliphatic carbocycles. The summed E-state index contributed by atoms with van der Waals surface area (Å²) >= 11 is 0. The van der Waals surface area contributed by atoms with Crippen molar-refractivity contribution in [2.45, 2.75) is 26.2 Å². The molecular formula is C71H49N7OPd-2. The molecule has 386 valence electrons. The van der Waals surface area contributed by atoms with Crippen molar-refractivity contribution in [2.24, 2.45) is 0 Å². The van der Waals surface area contributed by atoms with Crippen LogP contribution < -0.4 is 9.30 Å². The summed E-state index contributed by atoms with van der Waals surface area (Å²) in [5, 5.41) is 2.20. The predicted octanol–water partition coefficient (Wildman–Crippen LogP) is 16.6. The quantitative estimate of drug-likeness (QED) is 0.0822. The smallest absolute Gasteiger partial charge is 0.268 e. The van der Waals surface area contributed by atoms with Gasteiger partial charge in [0.15, 0.2) is 0 Å². The fourth-order valence-electron chi connectivity index (χ4n) is 11.0. The number of aromatic nitrogens is 7. The minimum atomic E-state index is -0.585. The Kier molecular flexibility index (Phi) is 9.40. The number of rotatable bonds is 9. The number of pyridine rings is 1. The molecule has 8 nitrogen and oxygen atoms in total. The first-order valence-corrected chi connectivity index (χ1v) is 25.8. The van der Waals surface area contributed by atoms with E-state index in [0.29, 0.717) is 45.3 Å². The maximum Gasteiger partial charge on any atom is 0.268 e. The number of hydrogen-bond acceptors (Lipinski definition) is 3. The second-order valence-corrected chi connectivity index (χ2v) is 20.4. The molecule has 0 saturated heterocycles. The van der Waals surface area contributed by atoms with Crippen LogP contribution in [0.3, 0.4) is 0 Å². The van der Waals surface area contributed by atoms with Gasteiger partial charge in [-0.05, 0) is 110 Å². The molecule has 0 bridgehead atoms. The molecule has 5 aromatic heterocycles. The summed E-state index contributed by atoms with van der Waals surface area (Å²) in [4.78, 5) is 10.5. The summed E-state index contributed by atoms with van der Waals surface area (Å²) in [6, 6.07) is 58.5. The molecule has 15 aromatic rings. The van der Waals surface area contributed by atoms with E-state index in [1.165, 1.54) is 0 Å². The molecule has 9 heteroatoms. The molecule has 0 N–H and O–H groups in total. The Balaban J connectivity index is 0.00000707. The molecule has 80 heavy (non-hydrogen) atoms. The summed E-state index contributed by atoms with van der Waals surface area (Å²) in [6.07, 6.45) is 5.33. The summed E-state index contributed by atoms with van der Waals surface area (Å²) in [7, 11) is 0. The molecule has 0 radical (unpaired) electrons. The van der Waals surface area contributed by atoms with E-state index in [2.05, 4.69) is 103 Å². The zero-order valence-corrected chi connectivity index (χ0v) is 44.7. The van der Waals surface area contributed by atoms with Crippen LogP contribution in [0.1, 0.15) is 40.0 Å². The Labute approximate surface area is 490 Å². The Morgan fingerprint density at radius 1 is 0.550 bits per heavy atom. The van der Waals surface area contributed by atoms with Crippen molar-refractivity contribution in [3.63, 3.8) is 0 Å². The number of para-hydroxylation sites is 3. The van der Waals surface area contributed by atoms with Gasteiger partial charge in [-0.1, -0.05) is 178 Å². The molecule has 0 fully saturated rings. The average Bonchev–Trinajstić information content (AvgIpc) is 1.50. The fourth-order valence-corrected chi connectivity index (χ4v) is 11.0. The van der Waals surface area contributed by atoms with Crippen LogP contribution in [0.5, 0.6) is 11.5 Å². The minimum absolute atomic E-state index is 0. The van der Waals surface area contributed by atoms with E-state index in [0.717, 1.165) is 60.7 Å². The van der Waals surface area contributed by atoms with Crippen LogP contribution in [0.4, 0.5) is 0 Å². The molecule has 0 saturated carbocycles. The first kappa shape index (κ1) is 38.8. The average molecular weight is 1130 g/mol. The Morgan fingerprint density at radius 2 is 1.24 bits per heavy atom. The molecule has 5 heterocycles. The molecule has 0 amide bonds. The van der Waals surface area contributed by atoms with Gasteiger partial charge in [-0.2, -0.15) is 12.1 Å². The van der Waals surface area contributed by atoms with Crippen molar-refractivity contribution in [3.05, 3.63) is 267 Å². The molecule has 0 spiro atoms. The molecule has 0 aliphatic heterocycles.